The van der Waals surface area contributed by atoms with E-state index in [4.69, 9.17) is 9.88 Å². The average Bonchev–Trinajstić information content (AvgIpc) is 3.11. The van der Waals surface area contributed by atoms with Gasteiger partial charge in [-0.25, -0.2) is 32.6 Å². The number of primary sulfonamides is 1. The molecule has 0 fully saturated rings. The van der Waals surface area contributed by atoms with Gasteiger partial charge in [0.1, 0.15) is 5.69 Å². The summed E-state index contributed by atoms with van der Waals surface area (Å²) in [6.07, 6.45) is 5.76. The molecule has 0 aliphatic heterocycles. The van der Waals surface area contributed by atoms with Gasteiger partial charge in [-0.05, 0) is 37.6 Å². The molecule has 0 aliphatic rings. The Bertz CT molecular complexity index is 1260. The lowest BCUT2D eigenvalue weighted by atomic mass is 10.2. The molecule has 0 saturated carbocycles. The molecule has 3 aromatic rings. The minimum atomic E-state index is -3.76. The fourth-order valence-corrected chi connectivity index (χ4v) is 3.20. The molecule has 4 N–H and O–H groups in total. The number of nitrogens with two attached hydrogens (primary N) is 1. The summed E-state index contributed by atoms with van der Waals surface area (Å²) in [4.78, 5) is 28.3. The van der Waals surface area contributed by atoms with E-state index in [1.165, 1.54) is 35.2 Å². The lowest BCUT2D eigenvalue weighted by molar-refractivity contribution is 0.0524. The minimum absolute atomic E-state index is 0.00246. The Labute approximate surface area is 178 Å². The van der Waals surface area contributed by atoms with E-state index < -0.39 is 22.0 Å². The van der Waals surface area contributed by atoms with Crippen LogP contribution in [0.4, 0.5) is 10.5 Å². The SMILES string of the molecule is CCOC(=O)c1cnc2c(NC(=O)N/C=C/c3ccc(S(N)(=O)=O)cc3)cnn2c1C. The van der Waals surface area contributed by atoms with E-state index in [1.54, 1.807) is 32.1 Å². The number of nitrogens with one attached hydrogen (secondary N) is 2. The highest BCUT2D eigenvalue weighted by Gasteiger charge is 2.17. The van der Waals surface area contributed by atoms with Crippen molar-refractivity contribution in [3.8, 4) is 0 Å². The number of rotatable bonds is 6. The number of anilines is 1. The summed E-state index contributed by atoms with van der Waals surface area (Å²) in [7, 11) is -3.76. The van der Waals surface area contributed by atoms with E-state index in [1.807, 2.05) is 0 Å². The fraction of sp³-hybridized carbons (Fsp3) is 0.158. The number of benzene rings is 1. The van der Waals surface area contributed by atoms with Crippen molar-refractivity contribution in [2.24, 2.45) is 5.14 Å². The maximum atomic E-state index is 12.2. The van der Waals surface area contributed by atoms with Crippen LogP contribution >= 0.6 is 0 Å². The summed E-state index contributed by atoms with van der Waals surface area (Å²) >= 11 is 0. The van der Waals surface area contributed by atoms with Gasteiger partial charge in [-0.3, -0.25) is 0 Å². The quantitative estimate of drug-likeness (QED) is 0.488. The zero-order valence-electron chi connectivity index (χ0n) is 16.7. The number of sulfonamides is 1. The van der Waals surface area contributed by atoms with Crippen molar-refractivity contribution in [3.63, 3.8) is 0 Å². The largest absolute Gasteiger partial charge is 0.462 e. The van der Waals surface area contributed by atoms with Crippen LogP contribution in [0.5, 0.6) is 0 Å². The molecular formula is C19H20N6O5S. The molecule has 12 heteroatoms. The van der Waals surface area contributed by atoms with E-state index in [2.05, 4.69) is 20.7 Å². The second-order valence-corrected chi connectivity index (χ2v) is 7.88. The Kier molecular flexibility index (Phi) is 6.32. The van der Waals surface area contributed by atoms with E-state index in [0.29, 0.717) is 22.6 Å². The van der Waals surface area contributed by atoms with Crippen LogP contribution in [0.1, 0.15) is 28.5 Å². The van der Waals surface area contributed by atoms with E-state index in [-0.39, 0.29) is 17.1 Å². The summed E-state index contributed by atoms with van der Waals surface area (Å²) in [5.41, 5.74) is 2.18. The third-order valence-electron chi connectivity index (χ3n) is 4.21. The van der Waals surface area contributed by atoms with Crippen molar-refractivity contribution in [2.45, 2.75) is 18.7 Å². The van der Waals surface area contributed by atoms with E-state index >= 15 is 0 Å². The molecule has 0 bridgehead atoms. The van der Waals surface area contributed by atoms with Gasteiger partial charge in [0, 0.05) is 12.4 Å². The van der Waals surface area contributed by atoms with Crippen LogP contribution < -0.4 is 15.8 Å². The molecular weight excluding hydrogens is 424 g/mol. The summed E-state index contributed by atoms with van der Waals surface area (Å²) < 4.78 is 28.9. The van der Waals surface area contributed by atoms with Crippen molar-refractivity contribution < 1.29 is 22.7 Å². The number of nitrogens with zero attached hydrogens (tertiary/aromatic N) is 3. The number of ether oxygens (including phenoxy) is 1. The first-order valence-electron chi connectivity index (χ1n) is 9.08. The molecule has 11 nitrogen and oxygen atoms in total. The summed E-state index contributed by atoms with van der Waals surface area (Å²) in [5.74, 6) is -0.501. The fourth-order valence-electron chi connectivity index (χ4n) is 2.68. The van der Waals surface area contributed by atoms with E-state index in [9.17, 15) is 18.0 Å². The van der Waals surface area contributed by atoms with Gasteiger partial charge in [0.2, 0.25) is 10.0 Å². The summed E-state index contributed by atoms with van der Waals surface area (Å²) in [5, 5.41) is 14.4. The van der Waals surface area contributed by atoms with Crippen LogP contribution in [0.15, 0.2) is 47.8 Å². The molecule has 31 heavy (non-hydrogen) atoms. The van der Waals surface area contributed by atoms with Crippen molar-refractivity contribution in [2.75, 3.05) is 11.9 Å². The van der Waals surface area contributed by atoms with Gasteiger partial charge in [0.25, 0.3) is 0 Å². The van der Waals surface area contributed by atoms with Crippen molar-refractivity contribution >= 4 is 39.4 Å². The van der Waals surface area contributed by atoms with Crippen LogP contribution in [0.3, 0.4) is 0 Å². The highest BCUT2D eigenvalue weighted by molar-refractivity contribution is 7.89. The summed E-state index contributed by atoms with van der Waals surface area (Å²) in [6.45, 7) is 3.65. The Hall–Kier alpha value is -3.77. The first-order valence-corrected chi connectivity index (χ1v) is 10.6. The number of carbonyl (C=O) groups excluding carboxylic acids is 2. The van der Waals surface area contributed by atoms with Crippen molar-refractivity contribution in [1.29, 1.82) is 0 Å². The maximum absolute atomic E-state index is 12.2. The van der Waals surface area contributed by atoms with Gasteiger partial charge in [0.05, 0.1) is 29.0 Å². The monoisotopic (exact) mass is 444 g/mol. The van der Waals surface area contributed by atoms with Gasteiger partial charge in [-0.1, -0.05) is 12.1 Å². The van der Waals surface area contributed by atoms with Crippen molar-refractivity contribution in [3.05, 3.63) is 59.7 Å². The molecule has 162 valence electrons. The third kappa shape index (κ3) is 5.05. The zero-order valence-corrected chi connectivity index (χ0v) is 17.5. The normalized spacial score (nSPS) is 11.6. The van der Waals surface area contributed by atoms with Crippen LogP contribution in [0.25, 0.3) is 11.7 Å². The Morgan fingerprint density at radius 1 is 1.23 bits per heavy atom. The Morgan fingerprint density at radius 3 is 2.58 bits per heavy atom. The smallest absolute Gasteiger partial charge is 0.341 e. The molecule has 0 unspecified atom stereocenters. The van der Waals surface area contributed by atoms with Gasteiger partial charge in [-0.2, -0.15) is 5.10 Å². The van der Waals surface area contributed by atoms with Crippen LogP contribution in [-0.2, 0) is 14.8 Å². The van der Waals surface area contributed by atoms with Gasteiger partial charge in [-0.15, -0.1) is 0 Å². The first kappa shape index (κ1) is 21.9. The van der Waals surface area contributed by atoms with Gasteiger partial charge in [0.15, 0.2) is 5.65 Å². The molecule has 3 rings (SSSR count). The average molecular weight is 444 g/mol. The highest BCUT2D eigenvalue weighted by Crippen LogP contribution is 2.18. The third-order valence-corrected chi connectivity index (χ3v) is 5.14. The highest BCUT2D eigenvalue weighted by atomic mass is 32.2. The molecule has 0 radical (unpaired) electrons. The number of esters is 1. The van der Waals surface area contributed by atoms with Crippen LogP contribution in [0.2, 0.25) is 0 Å². The van der Waals surface area contributed by atoms with Gasteiger partial charge >= 0.3 is 12.0 Å². The van der Waals surface area contributed by atoms with Crippen LogP contribution in [0, 0.1) is 6.92 Å². The number of fused-ring (bicyclic) bond motifs is 1. The number of urea groups is 1. The second-order valence-electron chi connectivity index (χ2n) is 6.32. The molecule has 0 spiro atoms. The van der Waals surface area contributed by atoms with E-state index in [0.717, 1.165) is 0 Å². The number of hydrogen-bond acceptors (Lipinski definition) is 7. The molecule has 0 saturated heterocycles. The number of aromatic nitrogens is 3. The zero-order chi connectivity index (χ0) is 22.6. The number of aryl methyl sites for hydroxylation is 1. The first-order chi connectivity index (χ1) is 14.7. The van der Waals surface area contributed by atoms with Crippen molar-refractivity contribution in [1.82, 2.24) is 19.9 Å². The lowest BCUT2D eigenvalue weighted by Gasteiger charge is -2.07. The topological polar surface area (TPSA) is 158 Å². The Morgan fingerprint density at radius 2 is 1.94 bits per heavy atom. The second kappa shape index (κ2) is 8.93. The molecule has 0 atom stereocenters. The minimum Gasteiger partial charge on any atom is -0.462 e. The maximum Gasteiger partial charge on any atom is 0.341 e. The molecule has 1 aromatic carbocycles. The molecule has 2 aromatic heterocycles. The number of hydrogen-bond donors (Lipinski definition) is 3. The lowest BCUT2D eigenvalue weighted by Crippen LogP contribution is -2.23. The Balaban J connectivity index is 1.67. The molecule has 2 amide bonds. The van der Waals surface area contributed by atoms with Crippen LogP contribution in [-0.4, -0.2) is 41.6 Å². The molecule has 0 aliphatic carbocycles. The standard InChI is InChI=1S/C19H20N6O5S/c1-3-30-18(26)15-10-22-17-16(11-23-25(17)12(15)2)24-19(27)21-9-8-13-4-6-14(7-5-13)31(20,28)29/h4-11H,3H2,1-2H3,(H2,20,28,29)(H2,21,24,27)/b9-8+. The number of amides is 2. The predicted molar refractivity (Wildman–Crippen MR) is 113 cm³/mol. The summed E-state index contributed by atoms with van der Waals surface area (Å²) in [6, 6.07) is 5.30. The predicted octanol–water partition coefficient (Wildman–Crippen LogP) is 1.65. The number of carbonyl (C=O) groups is 2. The van der Waals surface area contributed by atoms with Gasteiger partial charge < -0.3 is 15.4 Å². The molecule has 2 heterocycles.